The summed E-state index contributed by atoms with van der Waals surface area (Å²) in [6.45, 7) is 1.12. The molecule has 0 amide bonds. The van der Waals surface area contributed by atoms with Gasteiger partial charge in [-0.3, -0.25) is 0 Å². The predicted octanol–water partition coefficient (Wildman–Crippen LogP) is 0.914. The van der Waals surface area contributed by atoms with Crippen molar-refractivity contribution in [3.05, 3.63) is 24.0 Å². The van der Waals surface area contributed by atoms with Crippen molar-refractivity contribution in [2.24, 2.45) is 0 Å². The van der Waals surface area contributed by atoms with Crippen molar-refractivity contribution in [1.82, 2.24) is 4.98 Å². The van der Waals surface area contributed by atoms with Gasteiger partial charge in [0.2, 0.25) is 0 Å². The molecule has 1 aromatic heterocycles. The third-order valence-corrected chi connectivity index (χ3v) is 2.78. The summed E-state index contributed by atoms with van der Waals surface area (Å²) in [5, 5.41) is 17.9. The smallest absolute Gasteiger partial charge is 0.142 e. The van der Waals surface area contributed by atoms with Crippen LogP contribution in [0.2, 0.25) is 0 Å². The van der Waals surface area contributed by atoms with Crippen LogP contribution in [-0.2, 0) is 0 Å². The van der Waals surface area contributed by atoms with Gasteiger partial charge in [-0.25, -0.2) is 4.98 Å². The van der Waals surface area contributed by atoms with Gasteiger partial charge in [0, 0.05) is 18.4 Å². The largest absolute Gasteiger partial charge is 0.394 e. The Bertz CT molecular complexity index is 386. The fraction of sp³-hybridized carbons (Fsp3) is 0.455. The molecule has 4 heteroatoms. The zero-order valence-electron chi connectivity index (χ0n) is 8.43. The van der Waals surface area contributed by atoms with Crippen LogP contribution >= 0.6 is 0 Å². The van der Waals surface area contributed by atoms with E-state index in [-0.39, 0.29) is 12.6 Å². The number of nitrogens with zero attached hydrogens (tertiary/aromatic N) is 3. The second kappa shape index (κ2) is 4.28. The molecule has 1 N–H and O–H groups in total. The van der Waals surface area contributed by atoms with Crippen LogP contribution in [0.5, 0.6) is 0 Å². The highest BCUT2D eigenvalue weighted by atomic mass is 16.3. The molecule has 1 saturated heterocycles. The first-order valence-electron chi connectivity index (χ1n) is 5.09. The van der Waals surface area contributed by atoms with Gasteiger partial charge in [-0.2, -0.15) is 5.26 Å². The second-order valence-corrected chi connectivity index (χ2v) is 3.68. The van der Waals surface area contributed by atoms with Crippen LogP contribution < -0.4 is 4.90 Å². The molecule has 1 aliphatic rings. The Kier molecular flexibility index (Phi) is 2.84. The number of rotatable bonds is 2. The van der Waals surface area contributed by atoms with E-state index in [4.69, 9.17) is 5.26 Å². The lowest BCUT2D eigenvalue weighted by Gasteiger charge is -2.25. The fourth-order valence-electron chi connectivity index (χ4n) is 2.02. The van der Waals surface area contributed by atoms with Gasteiger partial charge in [-0.05, 0) is 25.0 Å². The highest BCUT2D eigenvalue weighted by molar-refractivity contribution is 5.50. The third kappa shape index (κ3) is 1.92. The first-order chi connectivity index (χ1) is 7.35. The number of aliphatic hydroxyl groups is 1. The Hall–Kier alpha value is -1.60. The Morgan fingerprint density at radius 2 is 2.53 bits per heavy atom. The molecule has 0 aromatic carbocycles. The van der Waals surface area contributed by atoms with E-state index in [1.807, 2.05) is 12.1 Å². The van der Waals surface area contributed by atoms with E-state index in [1.165, 1.54) is 0 Å². The number of aromatic nitrogens is 1. The summed E-state index contributed by atoms with van der Waals surface area (Å²) in [5.41, 5.74) is 1.41. The Morgan fingerprint density at radius 3 is 3.27 bits per heavy atom. The molecule has 0 radical (unpaired) electrons. The molecule has 1 aromatic rings. The summed E-state index contributed by atoms with van der Waals surface area (Å²) < 4.78 is 0. The van der Waals surface area contributed by atoms with Gasteiger partial charge in [0.25, 0.3) is 0 Å². The first-order valence-corrected chi connectivity index (χ1v) is 5.09. The number of anilines is 1. The zero-order valence-corrected chi connectivity index (χ0v) is 8.43. The first kappa shape index (κ1) is 9.94. The third-order valence-electron chi connectivity index (χ3n) is 2.78. The number of aliphatic hydroxyl groups excluding tert-OH is 1. The van der Waals surface area contributed by atoms with Gasteiger partial charge < -0.3 is 10.0 Å². The standard InChI is InChI=1S/C11H13N3O/c12-7-9-6-10(3-4-13-9)14-5-1-2-11(14)8-15/h3-4,6,11,15H,1-2,5,8H2. The maximum atomic E-state index is 9.20. The van der Waals surface area contributed by atoms with Crippen LogP contribution in [-0.4, -0.2) is 29.3 Å². The minimum atomic E-state index is 0.171. The van der Waals surface area contributed by atoms with E-state index >= 15 is 0 Å². The van der Waals surface area contributed by atoms with Crippen molar-refractivity contribution in [2.75, 3.05) is 18.1 Å². The molecule has 1 unspecified atom stereocenters. The molecule has 2 heterocycles. The van der Waals surface area contributed by atoms with Crippen LogP contribution in [0.3, 0.4) is 0 Å². The number of hydrogen-bond acceptors (Lipinski definition) is 4. The number of pyridine rings is 1. The fourth-order valence-corrected chi connectivity index (χ4v) is 2.02. The molecule has 1 fully saturated rings. The average molecular weight is 203 g/mol. The lowest BCUT2D eigenvalue weighted by Crippen LogP contribution is -2.32. The van der Waals surface area contributed by atoms with E-state index in [1.54, 1.807) is 12.3 Å². The van der Waals surface area contributed by atoms with E-state index in [0.29, 0.717) is 5.69 Å². The van der Waals surface area contributed by atoms with Gasteiger partial charge in [-0.1, -0.05) is 0 Å². The van der Waals surface area contributed by atoms with Crippen LogP contribution in [0, 0.1) is 11.3 Å². The van der Waals surface area contributed by atoms with E-state index in [0.717, 1.165) is 25.1 Å². The maximum absolute atomic E-state index is 9.20. The molecule has 0 aliphatic carbocycles. The van der Waals surface area contributed by atoms with Crippen molar-refractivity contribution in [3.63, 3.8) is 0 Å². The molecule has 78 valence electrons. The molecule has 1 aliphatic heterocycles. The van der Waals surface area contributed by atoms with Gasteiger partial charge in [-0.15, -0.1) is 0 Å². The summed E-state index contributed by atoms with van der Waals surface area (Å²) in [5.74, 6) is 0. The van der Waals surface area contributed by atoms with E-state index in [2.05, 4.69) is 9.88 Å². The van der Waals surface area contributed by atoms with Crippen molar-refractivity contribution in [3.8, 4) is 6.07 Å². The molecule has 0 bridgehead atoms. The topological polar surface area (TPSA) is 60.2 Å². The maximum Gasteiger partial charge on any atom is 0.142 e. The van der Waals surface area contributed by atoms with Crippen molar-refractivity contribution >= 4 is 5.69 Å². The second-order valence-electron chi connectivity index (χ2n) is 3.68. The van der Waals surface area contributed by atoms with Gasteiger partial charge >= 0.3 is 0 Å². The molecular weight excluding hydrogens is 190 g/mol. The summed E-state index contributed by atoms with van der Waals surface area (Å²) >= 11 is 0. The Labute approximate surface area is 88.8 Å². The highest BCUT2D eigenvalue weighted by Gasteiger charge is 2.23. The van der Waals surface area contributed by atoms with Gasteiger partial charge in [0.05, 0.1) is 12.6 Å². The number of hydrogen-bond donors (Lipinski definition) is 1. The average Bonchev–Trinajstić information content (AvgIpc) is 2.77. The highest BCUT2D eigenvalue weighted by Crippen LogP contribution is 2.25. The molecule has 4 nitrogen and oxygen atoms in total. The lowest BCUT2D eigenvalue weighted by atomic mass is 10.2. The zero-order chi connectivity index (χ0) is 10.7. The summed E-state index contributed by atoms with van der Waals surface area (Å²) in [4.78, 5) is 6.07. The SMILES string of the molecule is N#Cc1cc(N2CCCC2CO)ccn1. The van der Waals surface area contributed by atoms with Gasteiger partial charge in [0.15, 0.2) is 0 Å². The molecule has 1 atom stereocenters. The summed E-state index contributed by atoms with van der Waals surface area (Å²) in [6, 6.07) is 5.87. The molecule has 2 rings (SSSR count). The predicted molar refractivity (Wildman–Crippen MR) is 56.4 cm³/mol. The lowest BCUT2D eigenvalue weighted by molar-refractivity contribution is 0.266. The Morgan fingerprint density at radius 1 is 1.67 bits per heavy atom. The van der Waals surface area contributed by atoms with Crippen molar-refractivity contribution in [2.45, 2.75) is 18.9 Å². The Balaban J connectivity index is 2.25. The summed E-state index contributed by atoms with van der Waals surface area (Å²) in [7, 11) is 0. The van der Waals surface area contributed by atoms with Crippen molar-refractivity contribution in [1.29, 1.82) is 5.26 Å². The van der Waals surface area contributed by atoms with Crippen molar-refractivity contribution < 1.29 is 5.11 Å². The van der Waals surface area contributed by atoms with E-state index in [9.17, 15) is 5.11 Å². The van der Waals surface area contributed by atoms with E-state index < -0.39 is 0 Å². The minimum absolute atomic E-state index is 0.171. The monoisotopic (exact) mass is 203 g/mol. The van der Waals surface area contributed by atoms with Crippen LogP contribution in [0.1, 0.15) is 18.5 Å². The van der Waals surface area contributed by atoms with Gasteiger partial charge in [0.1, 0.15) is 11.8 Å². The van der Waals surface area contributed by atoms with Crippen LogP contribution in [0.25, 0.3) is 0 Å². The molecule has 0 saturated carbocycles. The molecule has 15 heavy (non-hydrogen) atoms. The van der Waals surface area contributed by atoms with Crippen LogP contribution in [0.15, 0.2) is 18.3 Å². The van der Waals surface area contributed by atoms with Crippen LogP contribution in [0.4, 0.5) is 5.69 Å². The molecule has 0 spiro atoms. The number of nitriles is 1. The quantitative estimate of drug-likeness (QED) is 0.776. The normalized spacial score (nSPS) is 20.3. The minimum Gasteiger partial charge on any atom is -0.394 e. The summed E-state index contributed by atoms with van der Waals surface area (Å²) in [6.07, 6.45) is 3.75. The molecular formula is C11H13N3O.